The number of aromatic hydroxyl groups is 1. The second-order valence-electron chi connectivity index (χ2n) is 4.45. The largest absolute Gasteiger partial charge is 0.507 e. The number of phenols is 1. The number of para-hydroxylation sites is 1. The van der Waals surface area contributed by atoms with Crippen LogP contribution in [0.25, 0.3) is 11.4 Å². The van der Waals surface area contributed by atoms with Crippen LogP contribution in [-0.4, -0.2) is 51.2 Å². The van der Waals surface area contributed by atoms with Gasteiger partial charge in [0.2, 0.25) is 11.1 Å². The molecular weight excluding hydrogens is 292 g/mol. The van der Waals surface area contributed by atoms with Crippen molar-refractivity contribution in [3.05, 3.63) is 24.3 Å². The number of nitrogens with one attached hydrogen (secondary N) is 2. The molecule has 1 fully saturated rings. The maximum atomic E-state index is 11.6. The van der Waals surface area contributed by atoms with Gasteiger partial charge in [-0.1, -0.05) is 23.9 Å². The first kappa shape index (κ1) is 13.9. The molecule has 3 N–H and O–H groups in total. The number of hydrogen-bond donors (Lipinski definition) is 3. The molecule has 0 bridgehead atoms. The summed E-state index contributed by atoms with van der Waals surface area (Å²) in [4.78, 5) is 15.9. The Balaban J connectivity index is 1.65. The summed E-state index contributed by atoms with van der Waals surface area (Å²) < 4.78 is 5.38. The van der Waals surface area contributed by atoms with Crippen molar-refractivity contribution in [3.63, 3.8) is 0 Å². The molecule has 8 heteroatoms. The van der Waals surface area contributed by atoms with Crippen molar-refractivity contribution in [1.82, 2.24) is 20.5 Å². The number of thioether (sulfide) groups is 1. The van der Waals surface area contributed by atoms with Crippen LogP contribution in [0.4, 0.5) is 0 Å². The molecule has 1 aliphatic rings. The van der Waals surface area contributed by atoms with Gasteiger partial charge in [-0.25, -0.2) is 4.98 Å². The molecule has 0 spiro atoms. The number of nitrogens with zero attached hydrogens (tertiary/aromatic N) is 2. The van der Waals surface area contributed by atoms with Crippen LogP contribution in [0.2, 0.25) is 0 Å². The molecule has 1 aromatic carbocycles. The predicted octanol–water partition coefficient (Wildman–Crippen LogP) is 0.784. The minimum absolute atomic E-state index is 0.106. The van der Waals surface area contributed by atoms with Gasteiger partial charge in [-0.2, -0.15) is 0 Å². The van der Waals surface area contributed by atoms with Gasteiger partial charge in [-0.3, -0.25) is 9.89 Å². The van der Waals surface area contributed by atoms with E-state index in [4.69, 9.17) is 4.74 Å². The third-order valence-corrected chi connectivity index (χ3v) is 3.91. The van der Waals surface area contributed by atoms with Crippen LogP contribution in [0.5, 0.6) is 5.75 Å². The number of hydrogen-bond acceptors (Lipinski definition) is 6. The Morgan fingerprint density at radius 1 is 1.43 bits per heavy atom. The van der Waals surface area contributed by atoms with Crippen LogP contribution in [0.3, 0.4) is 0 Å². The topological polar surface area (TPSA) is 100 Å². The normalized spacial score (nSPS) is 18.5. The van der Waals surface area contributed by atoms with Crippen LogP contribution < -0.4 is 5.32 Å². The van der Waals surface area contributed by atoms with Gasteiger partial charge in [0.25, 0.3) is 0 Å². The van der Waals surface area contributed by atoms with Crippen molar-refractivity contribution in [3.8, 4) is 17.1 Å². The first-order chi connectivity index (χ1) is 10.2. The summed E-state index contributed by atoms with van der Waals surface area (Å²) in [5, 5.41) is 19.9. The molecule has 1 atom stereocenters. The average Bonchev–Trinajstić information content (AvgIpc) is 2.96. The zero-order chi connectivity index (χ0) is 14.7. The van der Waals surface area contributed by atoms with E-state index in [9.17, 15) is 9.90 Å². The Hall–Kier alpha value is -2.06. The van der Waals surface area contributed by atoms with Gasteiger partial charge in [0.15, 0.2) is 5.82 Å². The van der Waals surface area contributed by atoms with E-state index in [1.165, 1.54) is 11.8 Å². The molecule has 0 saturated carbocycles. The first-order valence-electron chi connectivity index (χ1n) is 6.47. The summed E-state index contributed by atoms with van der Waals surface area (Å²) in [6, 6.07) is 6.89. The summed E-state index contributed by atoms with van der Waals surface area (Å²) in [6.07, 6.45) is -0.476. The highest BCUT2D eigenvalue weighted by atomic mass is 32.2. The fourth-order valence-electron chi connectivity index (χ4n) is 1.94. The summed E-state index contributed by atoms with van der Waals surface area (Å²) in [5.74, 6) is 0.971. The fraction of sp³-hybridized carbons (Fsp3) is 0.308. The Labute approximate surface area is 125 Å². The Kier molecular flexibility index (Phi) is 4.07. The highest BCUT2D eigenvalue weighted by Gasteiger charge is 2.23. The van der Waals surface area contributed by atoms with Crippen LogP contribution in [-0.2, 0) is 9.53 Å². The maximum absolute atomic E-state index is 11.6. The predicted molar refractivity (Wildman–Crippen MR) is 77.0 cm³/mol. The molecule has 110 valence electrons. The second-order valence-corrected chi connectivity index (χ2v) is 5.43. The lowest BCUT2D eigenvalue weighted by Crippen LogP contribution is -2.45. The van der Waals surface area contributed by atoms with Crippen molar-refractivity contribution in [2.75, 3.05) is 18.9 Å². The molecule has 0 aliphatic carbocycles. The van der Waals surface area contributed by atoms with Crippen LogP contribution in [0, 0.1) is 0 Å². The summed E-state index contributed by atoms with van der Waals surface area (Å²) >= 11 is 1.33. The van der Waals surface area contributed by atoms with Gasteiger partial charge in [0.05, 0.1) is 12.2 Å². The number of aromatic amines is 1. The summed E-state index contributed by atoms with van der Waals surface area (Å²) in [7, 11) is 0. The van der Waals surface area contributed by atoms with E-state index in [1.54, 1.807) is 18.2 Å². The van der Waals surface area contributed by atoms with Crippen molar-refractivity contribution in [1.29, 1.82) is 0 Å². The summed E-state index contributed by atoms with van der Waals surface area (Å²) in [6.45, 7) is 1.08. The van der Waals surface area contributed by atoms with E-state index >= 15 is 0 Å². The third-order valence-electron chi connectivity index (χ3n) is 3.00. The molecule has 7 nitrogen and oxygen atoms in total. The van der Waals surface area contributed by atoms with E-state index in [1.807, 2.05) is 6.07 Å². The van der Waals surface area contributed by atoms with Crippen LogP contribution >= 0.6 is 11.8 Å². The second kappa shape index (κ2) is 6.15. The number of carbonyl (C=O) groups excluding carboxylic acids is 1. The molecule has 1 aliphatic heterocycles. The minimum Gasteiger partial charge on any atom is -0.507 e. The van der Waals surface area contributed by atoms with E-state index in [2.05, 4.69) is 20.5 Å². The number of rotatable bonds is 4. The Morgan fingerprint density at radius 3 is 3.10 bits per heavy atom. The number of amides is 1. The Bertz CT molecular complexity index is 646. The van der Waals surface area contributed by atoms with Gasteiger partial charge >= 0.3 is 0 Å². The van der Waals surface area contributed by atoms with Gasteiger partial charge < -0.3 is 15.2 Å². The number of phenolic OH excluding ortho intramolecular Hbond substituents is 1. The quantitative estimate of drug-likeness (QED) is 0.722. The highest BCUT2D eigenvalue weighted by molar-refractivity contribution is 7.99. The van der Waals surface area contributed by atoms with Crippen LogP contribution in [0.1, 0.15) is 0 Å². The van der Waals surface area contributed by atoms with Gasteiger partial charge in [0, 0.05) is 12.3 Å². The van der Waals surface area contributed by atoms with E-state index in [0.717, 1.165) is 0 Å². The number of carbonyl (C=O) groups is 1. The number of aromatic nitrogens is 3. The van der Waals surface area contributed by atoms with Crippen LogP contribution in [0.15, 0.2) is 29.4 Å². The molecule has 0 radical (unpaired) electrons. The van der Waals surface area contributed by atoms with Crippen molar-refractivity contribution < 1.29 is 14.6 Å². The zero-order valence-electron chi connectivity index (χ0n) is 11.1. The van der Waals surface area contributed by atoms with Crippen molar-refractivity contribution in [2.24, 2.45) is 0 Å². The van der Waals surface area contributed by atoms with E-state index < -0.39 is 6.10 Å². The lowest BCUT2D eigenvalue weighted by atomic mass is 10.2. The molecule has 1 saturated heterocycles. The fourth-order valence-corrected chi connectivity index (χ4v) is 2.76. The smallest absolute Gasteiger partial charge is 0.250 e. The third kappa shape index (κ3) is 3.17. The molecule has 1 amide bonds. The molecule has 1 aromatic heterocycles. The van der Waals surface area contributed by atoms with Crippen molar-refractivity contribution in [2.45, 2.75) is 11.3 Å². The highest BCUT2D eigenvalue weighted by Crippen LogP contribution is 2.27. The maximum Gasteiger partial charge on any atom is 0.250 e. The monoisotopic (exact) mass is 306 g/mol. The lowest BCUT2D eigenvalue weighted by Gasteiger charge is -2.21. The molecular formula is C13H14N4O3S. The number of H-pyrrole nitrogens is 1. The van der Waals surface area contributed by atoms with E-state index in [-0.39, 0.29) is 11.7 Å². The summed E-state index contributed by atoms with van der Waals surface area (Å²) in [5.41, 5.74) is 0.587. The molecule has 2 heterocycles. The van der Waals surface area contributed by atoms with Gasteiger partial charge in [-0.15, -0.1) is 5.10 Å². The Morgan fingerprint density at radius 2 is 2.29 bits per heavy atom. The minimum atomic E-state index is -0.476. The van der Waals surface area contributed by atoms with Gasteiger partial charge in [-0.05, 0) is 12.1 Å². The standard InChI is InChI=1S/C13H14N4O3S/c18-9-4-2-1-3-8(9)11-15-13(17-16-11)21-7-10-12(19)14-5-6-20-10/h1-4,10,18H,5-7H2,(H,14,19)(H,15,16,17). The molecule has 1 unspecified atom stereocenters. The van der Waals surface area contributed by atoms with Gasteiger partial charge in [0.1, 0.15) is 11.9 Å². The zero-order valence-corrected chi connectivity index (χ0v) is 11.9. The van der Waals surface area contributed by atoms with Crippen molar-refractivity contribution >= 4 is 17.7 Å². The van der Waals surface area contributed by atoms with E-state index in [0.29, 0.717) is 35.4 Å². The number of morpholine rings is 1. The number of benzene rings is 1. The molecule has 3 rings (SSSR count). The lowest BCUT2D eigenvalue weighted by molar-refractivity contribution is -0.135. The molecule has 2 aromatic rings. The molecule has 21 heavy (non-hydrogen) atoms. The average molecular weight is 306 g/mol. The SMILES string of the molecule is O=C1NCCOC1CSc1n[nH]c(-c2ccccc2O)n1. The first-order valence-corrected chi connectivity index (χ1v) is 7.45. The number of ether oxygens (including phenoxy) is 1.